The maximum atomic E-state index is 5.73. The highest BCUT2D eigenvalue weighted by molar-refractivity contribution is 6.34. The third-order valence-electron chi connectivity index (χ3n) is 1.47. The Labute approximate surface area is 67.4 Å². The molecule has 0 saturated heterocycles. The molecule has 11 heavy (non-hydrogen) atoms. The predicted octanol–water partition coefficient (Wildman–Crippen LogP) is 1.19. The Morgan fingerprint density at radius 2 is 2.36 bits per heavy atom. The average molecular weight is 169 g/mol. The maximum Gasteiger partial charge on any atom is 0.154 e. The van der Waals surface area contributed by atoms with Gasteiger partial charge in [0.1, 0.15) is 5.52 Å². The molecule has 3 N–H and O–H groups in total. The summed E-state index contributed by atoms with van der Waals surface area (Å²) < 4.78 is 0. The standard InChI is InChI=1S/C6H5ClN4/c7-5-4-3(1-2-9-5)6(8)11-10-4/h1-2H,(H3,8,10,11). The Balaban J connectivity index is 2.94. The van der Waals surface area contributed by atoms with E-state index in [4.69, 9.17) is 17.3 Å². The quantitative estimate of drug-likeness (QED) is 0.581. The first-order valence-electron chi connectivity index (χ1n) is 3.03. The Hall–Kier alpha value is -1.29. The highest BCUT2D eigenvalue weighted by atomic mass is 35.5. The fraction of sp³-hybridized carbons (Fsp3) is 0. The zero-order valence-corrected chi connectivity index (χ0v) is 6.26. The molecule has 0 saturated carbocycles. The second kappa shape index (κ2) is 2.10. The number of nitrogens with two attached hydrogens (primary N) is 1. The van der Waals surface area contributed by atoms with E-state index in [-0.39, 0.29) is 0 Å². The van der Waals surface area contributed by atoms with Crippen molar-refractivity contribution in [2.24, 2.45) is 0 Å². The van der Waals surface area contributed by atoms with E-state index < -0.39 is 0 Å². The van der Waals surface area contributed by atoms with Crippen molar-refractivity contribution >= 4 is 28.3 Å². The predicted molar refractivity (Wildman–Crippen MR) is 43.3 cm³/mol. The van der Waals surface area contributed by atoms with Gasteiger partial charge in [0, 0.05) is 11.6 Å². The number of pyridine rings is 1. The van der Waals surface area contributed by atoms with Crippen LogP contribution in [-0.2, 0) is 0 Å². The molecule has 2 aromatic heterocycles. The molecule has 5 heteroatoms. The first kappa shape index (κ1) is 6.42. The lowest BCUT2D eigenvalue weighted by Gasteiger charge is -1.89. The molecule has 0 amide bonds. The SMILES string of the molecule is Nc1n[nH]c2c(Cl)nccc12. The number of aromatic amines is 1. The molecule has 2 heterocycles. The molecule has 0 aliphatic heterocycles. The van der Waals surface area contributed by atoms with Crippen LogP contribution in [0.15, 0.2) is 12.3 Å². The summed E-state index contributed by atoms with van der Waals surface area (Å²) in [6, 6.07) is 1.76. The summed E-state index contributed by atoms with van der Waals surface area (Å²) in [5.74, 6) is 0.448. The lowest BCUT2D eigenvalue weighted by atomic mass is 10.3. The van der Waals surface area contributed by atoms with Crippen LogP contribution in [0.3, 0.4) is 0 Å². The maximum absolute atomic E-state index is 5.73. The molecule has 2 rings (SSSR count). The summed E-state index contributed by atoms with van der Waals surface area (Å²) in [6.45, 7) is 0. The van der Waals surface area contributed by atoms with Crippen LogP contribution >= 0.6 is 11.6 Å². The first-order valence-corrected chi connectivity index (χ1v) is 3.41. The molecule has 0 spiro atoms. The molecular weight excluding hydrogens is 164 g/mol. The molecule has 0 fully saturated rings. The van der Waals surface area contributed by atoms with E-state index in [2.05, 4.69) is 15.2 Å². The van der Waals surface area contributed by atoms with Gasteiger partial charge < -0.3 is 5.73 Å². The van der Waals surface area contributed by atoms with Gasteiger partial charge in [0.05, 0.1) is 0 Å². The summed E-state index contributed by atoms with van der Waals surface area (Å²) in [4.78, 5) is 3.86. The van der Waals surface area contributed by atoms with Crippen LogP contribution < -0.4 is 5.73 Å². The van der Waals surface area contributed by atoms with Gasteiger partial charge >= 0.3 is 0 Å². The summed E-state index contributed by atoms with van der Waals surface area (Å²) in [7, 11) is 0. The van der Waals surface area contributed by atoms with Crippen molar-refractivity contribution in [3.63, 3.8) is 0 Å². The summed E-state index contributed by atoms with van der Waals surface area (Å²) in [5.41, 5.74) is 6.20. The monoisotopic (exact) mass is 168 g/mol. The topological polar surface area (TPSA) is 67.6 Å². The molecule has 0 radical (unpaired) electrons. The van der Waals surface area contributed by atoms with Gasteiger partial charge in [0.2, 0.25) is 0 Å². The number of hydrogen-bond donors (Lipinski definition) is 2. The molecule has 0 bridgehead atoms. The number of anilines is 1. The van der Waals surface area contributed by atoms with Crippen LogP contribution in [0, 0.1) is 0 Å². The fourth-order valence-electron chi connectivity index (χ4n) is 0.932. The normalized spacial score (nSPS) is 10.6. The van der Waals surface area contributed by atoms with E-state index in [1.807, 2.05) is 0 Å². The number of nitrogens with zero attached hydrogens (tertiary/aromatic N) is 2. The van der Waals surface area contributed by atoms with Crippen LogP contribution in [0.25, 0.3) is 10.9 Å². The summed E-state index contributed by atoms with van der Waals surface area (Å²) in [6.07, 6.45) is 1.59. The molecule has 0 aliphatic carbocycles. The summed E-state index contributed by atoms with van der Waals surface area (Å²) >= 11 is 5.73. The van der Waals surface area contributed by atoms with Crippen LogP contribution in [-0.4, -0.2) is 15.2 Å². The van der Waals surface area contributed by atoms with Crippen molar-refractivity contribution < 1.29 is 0 Å². The number of nitrogen functional groups attached to an aromatic ring is 1. The average Bonchev–Trinajstić information content (AvgIpc) is 2.35. The van der Waals surface area contributed by atoms with Crippen molar-refractivity contribution in [3.8, 4) is 0 Å². The van der Waals surface area contributed by atoms with E-state index >= 15 is 0 Å². The number of fused-ring (bicyclic) bond motifs is 1. The highest BCUT2D eigenvalue weighted by Gasteiger charge is 2.04. The van der Waals surface area contributed by atoms with Crippen molar-refractivity contribution in [3.05, 3.63) is 17.4 Å². The number of halogens is 1. The minimum absolute atomic E-state index is 0.395. The lowest BCUT2D eigenvalue weighted by Crippen LogP contribution is -1.83. The largest absolute Gasteiger partial charge is 0.382 e. The summed E-state index contributed by atoms with van der Waals surface area (Å²) in [5, 5.41) is 7.68. The van der Waals surface area contributed by atoms with Crippen LogP contribution in [0.1, 0.15) is 0 Å². The lowest BCUT2D eigenvalue weighted by molar-refractivity contribution is 1.12. The first-order chi connectivity index (χ1) is 5.29. The zero-order chi connectivity index (χ0) is 7.84. The van der Waals surface area contributed by atoms with Gasteiger partial charge in [-0.2, -0.15) is 5.10 Å². The molecule has 0 unspecified atom stereocenters. The van der Waals surface area contributed by atoms with Gasteiger partial charge in [-0.1, -0.05) is 11.6 Å². The Morgan fingerprint density at radius 1 is 1.55 bits per heavy atom. The van der Waals surface area contributed by atoms with E-state index in [9.17, 15) is 0 Å². The van der Waals surface area contributed by atoms with Crippen LogP contribution in [0.5, 0.6) is 0 Å². The van der Waals surface area contributed by atoms with Gasteiger partial charge in [-0.25, -0.2) is 4.98 Å². The number of hydrogen-bond acceptors (Lipinski definition) is 3. The molecule has 0 aromatic carbocycles. The van der Waals surface area contributed by atoms with Gasteiger partial charge in [-0.3, -0.25) is 5.10 Å². The van der Waals surface area contributed by atoms with Crippen LogP contribution in [0.2, 0.25) is 5.15 Å². The van der Waals surface area contributed by atoms with Gasteiger partial charge in [0.25, 0.3) is 0 Å². The smallest absolute Gasteiger partial charge is 0.154 e. The van der Waals surface area contributed by atoms with Gasteiger partial charge in [-0.05, 0) is 6.07 Å². The van der Waals surface area contributed by atoms with E-state index in [1.54, 1.807) is 12.3 Å². The van der Waals surface area contributed by atoms with E-state index in [0.29, 0.717) is 16.5 Å². The number of rotatable bonds is 0. The third-order valence-corrected chi connectivity index (χ3v) is 1.76. The number of aromatic nitrogens is 3. The molecule has 0 atom stereocenters. The number of nitrogens with one attached hydrogen (secondary N) is 1. The van der Waals surface area contributed by atoms with Gasteiger partial charge in [0.15, 0.2) is 11.0 Å². The van der Waals surface area contributed by atoms with Crippen molar-refractivity contribution in [2.45, 2.75) is 0 Å². The Kier molecular flexibility index (Phi) is 1.22. The second-order valence-electron chi connectivity index (χ2n) is 2.13. The van der Waals surface area contributed by atoms with Crippen LogP contribution in [0.4, 0.5) is 5.82 Å². The second-order valence-corrected chi connectivity index (χ2v) is 2.49. The van der Waals surface area contributed by atoms with Crippen molar-refractivity contribution in [1.82, 2.24) is 15.2 Å². The molecule has 0 aliphatic rings. The van der Waals surface area contributed by atoms with E-state index in [1.165, 1.54) is 0 Å². The molecule has 56 valence electrons. The molecule has 2 aromatic rings. The third kappa shape index (κ3) is 0.832. The Morgan fingerprint density at radius 3 is 3.09 bits per heavy atom. The minimum atomic E-state index is 0.395. The fourth-order valence-corrected chi connectivity index (χ4v) is 1.13. The van der Waals surface area contributed by atoms with Crippen molar-refractivity contribution in [1.29, 1.82) is 0 Å². The number of H-pyrrole nitrogens is 1. The van der Waals surface area contributed by atoms with E-state index in [0.717, 1.165) is 5.39 Å². The molecular formula is C6H5ClN4. The van der Waals surface area contributed by atoms with Gasteiger partial charge in [-0.15, -0.1) is 0 Å². The Bertz CT molecular complexity index is 394. The zero-order valence-electron chi connectivity index (χ0n) is 5.50. The molecule has 4 nitrogen and oxygen atoms in total. The van der Waals surface area contributed by atoms with Crippen molar-refractivity contribution in [2.75, 3.05) is 5.73 Å². The minimum Gasteiger partial charge on any atom is -0.382 e. The highest BCUT2D eigenvalue weighted by Crippen LogP contribution is 2.21.